The summed E-state index contributed by atoms with van der Waals surface area (Å²) < 4.78 is 167. The third-order valence-electron chi connectivity index (χ3n) is 4.36. The van der Waals surface area contributed by atoms with Crippen molar-refractivity contribution in [2.45, 2.75) is 71.8 Å². The van der Waals surface area contributed by atoms with Crippen molar-refractivity contribution < 1.29 is 57.1 Å². The van der Waals surface area contributed by atoms with Crippen LogP contribution in [0.4, 0.5) is 57.1 Å². The molecule has 1 unspecified atom stereocenters. The van der Waals surface area contributed by atoms with Gasteiger partial charge in [-0.05, 0) is 18.8 Å². The van der Waals surface area contributed by atoms with E-state index in [0.29, 0.717) is 12.8 Å². The van der Waals surface area contributed by atoms with Gasteiger partial charge in [-0.15, -0.1) is 0 Å². The third kappa shape index (κ3) is 3.96. The lowest BCUT2D eigenvalue weighted by Crippen LogP contribution is -2.70. The summed E-state index contributed by atoms with van der Waals surface area (Å²) in [6.07, 6.45) is -7.87. The molecule has 0 N–H and O–H groups in total. The highest BCUT2D eigenvalue weighted by atomic mass is 127. The van der Waals surface area contributed by atoms with Crippen LogP contribution < -0.4 is 0 Å². The van der Waals surface area contributed by atoms with Crippen LogP contribution in [0.25, 0.3) is 0 Å². The van der Waals surface area contributed by atoms with Crippen LogP contribution in [0.15, 0.2) is 0 Å². The Morgan fingerprint density at radius 2 is 1.00 bits per heavy atom. The van der Waals surface area contributed by atoms with E-state index in [2.05, 4.69) is 0 Å². The summed E-state index contributed by atoms with van der Waals surface area (Å²) in [5, 5.41) is 0. The quantitative estimate of drug-likeness (QED) is 0.183. The Labute approximate surface area is 158 Å². The van der Waals surface area contributed by atoms with E-state index in [9.17, 15) is 57.1 Å². The average Bonchev–Trinajstić information content (AvgIpc) is 2.98. The number of alkyl halides is 14. The fourth-order valence-corrected chi connectivity index (χ4v) is 3.93. The number of rotatable bonds is 7. The van der Waals surface area contributed by atoms with E-state index in [0.717, 1.165) is 0 Å². The largest absolute Gasteiger partial charge is 0.460 e. The van der Waals surface area contributed by atoms with Crippen molar-refractivity contribution in [2.75, 3.05) is 0 Å². The molecule has 0 aromatic carbocycles. The van der Waals surface area contributed by atoms with Crippen LogP contribution in [0.2, 0.25) is 0 Å². The van der Waals surface area contributed by atoms with Gasteiger partial charge in [-0.3, -0.25) is 0 Å². The summed E-state index contributed by atoms with van der Waals surface area (Å²) in [6.45, 7) is 0. The monoisotopic (exact) mass is 542 g/mol. The van der Waals surface area contributed by atoms with Crippen LogP contribution in [0.3, 0.4) is 0 Å². The highest BCUT2D eigenvalue weighted by molar-refractivity contribution is 14.1. The second-order valence-corrected chi connectivity index (χ2v) is 7.86. The molecule has 1 saturated carbocycles. The van der Waals surface area contributed by atoms with Gasteiger partial charge in [0.15, 0.2) is 0 Å². The minimum atomic E-state index is -7.82. The van der Waals surface area contributed by atoms with Crippen molar-refractivity contribution in [1.29, 1.82) is 0 Å². The molecule has 1 atom stereocenters. The van der Waals surface area contributed by atoms with E-state index in [1.54, 1.807) is 0 Å². The standard InChI is InChI=1S/C13H12F13I/c14-8(15,5-7(27)6-3-1-2-4-6)9(16,17)10(18,19)11(20,21)12(22,23)13(24,25)26/h6-7H,1-5H2. The predicted octanol–water partition coefficient (Wildman–Crippen LogP) is 7.11. The van der Waals surface area contributed by atoms with Crippen molar-refractivity contribution in [2.24, 2.45) is 5.92 Å². The van der Waals surface area contributed by atoms with E-state index in [1.165, 1.54) is 22.6 Å². The lowest BCUT2D eigenvalue weighted by atomic mass is 9.89. The van der Waals surface area contributed by atoms with Crippen molar-refractivity contribution in [3.63, 3.8) is 0 Å². The first-order valence-electron chi connectivity index (χ1n) is 7.34. The minimum absolute atomic E-state index is 0.272. The molecule has 0 heterocycles. The molecule has 1 aliphatic carbocycles. The zero-order valence-electron chi connectivity index (χ0n) is 13.0. The van der Waals surface area contributed by atoms with E-state index >= 15 is 0 Å². The third-order valence-corrected chi connectivity index (χ3v) is 5.82. The van der Waals surface area contributed by atoms with Gasteiger partial charge in [0.25, 0.3) is 0 Å². The van der Waals surface area contributed by atoms with Gasteiger partial charge in [-0.2, -0.15) is 57.1 Å². The van der Waals surface area contributed by atoms with Crippen LogP contribution in [0.1, 0.15) is 32.1 Å². The molecule has 162 valence electrons. The van der Waals surface area contributed by atoms with Crippen LogP contribution in [-0.2, 0) is 0 Å². The predicted molar refractivity (Wildman–Crippen MR) is 75.2 cm³/mol. The lowest BCUT2D eigenvalue weighted by Gasteiger charge is -2.40. The van der Waals surface area contributed by atoms with Gasteiger partial charge in [-0.25, -0.2) is 0 Å². The Bertz CT molecular complexity index is 519. The maximum atomic E-state index is 13.7. The van der Waals surface area contributed by atoms with Gasteiger partial charge < -0.3 is 0 Å². The fraction of sp³-hybridized carbons (Fsp3) is 1.00. The second kappa shape index (κ2) is 7.26. The smallest absolute Gasteiger partial charge is 0.200 e. The zero-order valence-corrected chi connectivity index (χ0v) is 15.1. The molecular formula is C13H12F13I. The summed E-state index contributed by atoms with van der Waals surface area (Å²) in [7, 11) is 0. The Morgan fingerprint density at radius 3 is 1.37 bits per heavy atom. The highest BCUT2D eigenvalue weighted by Crippen LogP contribution is 2.61. The molecule has 0 aromatic rings. The van der Waals surface area contributed by atoms with E-state index in [1.807, 2.05) is 0 Å². The van der Waals surface area contributed by atoms with Crippen molar-refractivity contribution in [3.8, 4) is 0 Å². The van der Waals surface area contributed by atoms with Gasteiger partial charge in [0.1, 0.15) is 0 Å². The first-order chi connectivity index (χ1) is 11.7. The van der Waals surface area contributed by atoms with Gasteiger partial charge >= 0.3 is 35.8 Å². The van der Waals surface area contributed by atoms with Gasteiger partial charge in [-0.1, -0.05) is 35.4 Å². The van der Waals surface area contributed by atoms with Crippen LogP contribution in [-0.4, -0.2) is 39.7 Å². The Hall–Kier alpha value is -0.180. The topological polar surface area (TPSA) is 0 Å². The first kappa shape index (κ1) is 24.9. The molecule has 1 rings (SSSR count). The highest BCUT2D eigenvalue weighted by Gasteiger charge is 2.90. The minimum Gasteiger partial charge on any atom is -0.200 e. The van der Waals surface area contributed by atoms with E-state index in [4.69, 9.17) is 0 Å². The van der Waals surface area contributed by atoms with Gasteiger partial charge in [0.2, 0.25) is 0 Å². The number of hydrogen-bond acceptors (Lipinski definition) is 0. The summed E-state index contributed by atoms with van der Waals surface area (Å²) >= 11 is 1.21. The van der Waals surface area contributed by atoms with Crippen LogP contribution >= 0.6 is 22.6 Å². The molecule has 0 saturated heterocycles. The Morgan fingerprint density at radius 1 is 0.630 bits per heavy atom. The normalized spacial score (nSPS) is 20.2. The zero-order chi connectivity index (χ0) is 21.7. The molecule has 0 aromatic heterocycles. The van der Waals surface area contributed by atoms with E-state index < -0.39 is 52.1 Å². The summed E-state index contributed by atoms with van der Waals surface area (Å²) in [5.41, 5.74) is 0. The summed E-state index contributed by atoms with van der Waals surface area (Å²) in [6, 6.07) is 0. The maximum Gasteiger partial charge on any atom is 0.460 e. The van der Waals surface area contributed by atoms with Crippen molar-refractivity contribution in [1.82, 2.24) is 0 Å². The molecule has 0 spiro atoms. The molecule has 0 aliphatic heterocycles. The summed E-state index contributed by atoms with van der Waals surface area (Å²) in [5.74, 6) is -36.9. The Kier molecular flexibility index (Phi) is 6.68. The van der Waals surface area contributed by atoms with Crippen LogP contribution in [0.5, 0.6) is 0 Å². The molecule has 0 radical (unpaired) electrons. The van der Waals surface area contributed by atoms with Crippen molar-refractivity contribution in [3.05, 3.63) is 0 Å². The molecular weight excluding hydrogens is 530 g/mol. The van der Waals surface area contributed by atoms with E-state index in [-0.39, 0.29) is 12.8 Å². The second-order valence-electron chi connectivity index (χ2n) is 6.26. The molecule has 1 aliphatic rings. The molecule has 0 amide bonds. The maximum absolute atomic E-state index is 13.7. The van der Waals surface area contributed by atoms with Crippen LogP contribution in [0, 0.1) is 5.92 Å². The SMILES string of the molecule is FC(F)(F)C(F)(F)C(F)(F)C(F)(F)C(F)(F)C(F)(F)CC(I)C1CCCC1. The molecule has 27 heavy (non-hydrogen) atoms. The number of hydrogen-bond donors (Lipinski definition) is 0. The first-order valence-corrected chi connectivity index (χ1v) is 8.58. The molecule has 1 fully saturated rings. The van der Waals surface area contributed by atoms with Crippen molar-refractivity contribution >= 4 is 22.6 Å². The summed E-state index contributed by atoms with van der Waals surface area (Å²) in [4.78, 5) is 0. The average molecular weight is 542 g/mol. The molecule has 0 nitrogen and oxygen atoms in total. The lowest BCUT2D eigenvalue weighted by molar-refractivity contribution is -0.440. The van der Waals surface area contributed by atoms with Gasteiger partial charge in [0.05, 0.1) is 0 Å². The number of halogens is 14. The molecule has 14 heteroatoms. The molecule has 0 bridgehead atoms. The van der Waals surface area contributed by atoms with Gasteiger partial charge in [0, 0.05) is 10.3 Å². The Balaban J connectivity index is 3.24. The fourth-order valence-electron chi connectivity index (χ4n) is 2.66.